The average Bonchev–Trinajstić information content (AvgIpc) is 2.59. The fourth-order valence-electron chi connectivity index (χ4n) is 2.51. The first-order valence-electron chi connectivity index (χ1n) is 10.3. The Morgan fingerprint density at radius 1 is 0.577 bits per heavy atom. The summed E-state index contributed by atoms with van der Waals surface area (Å²) in [5.74, 6) is -3.30. The van der Waals surface area contributed by atoms with Gasteiger partial charge in [-0.2, -0.15) is 33.7 Å². The molecular formula is C20H39F5S. The molecule has 26 heavy (non-hydrogen) atoms. The normalized spacial score (nSPS) is 12.0. The van der Waals surface area contributed by atoms with Crippen molar-refractivity contribution in [2.24, 2.45) is 0 Å². The molecule has 0 bridgehead atoms. The number of unbranched alkanes of at least 4 members (excludes halogenated alkanes) is 10. The summed E-state index contributed by atoms with van der Waals surface area (Å²) in [5.41, 5.74) is 0. The lowest BCUT2D eigenvalue weighted by atomic mass is 10.1. The molecule has 6 heteroatoms. The van der Waals surface area contributed by atoms with Crippen molar-refractivity contribution < 1.29 is 22.0 Å². The molecule has 0 N–H and O–H groups in total. The van der Waals surface area contributed by atoms with E-state index >= 15 is 0 Å². The molecule has 0 heterocycles. The summed E-state index contributed by atoms with van der Waals surface area (Å²) in [6.45, 7) is 6.22. The molecule has 0 aromatic rings. The Bertz CT molecular complexity index is 280. The van der Waals surface area contributed by atoms with E-state index < -0.39 is 18.5 Å². The molecule has 0 aromatic heterocycles. The first-order chi connectivity index (χ1) is 12.3. The Morgan fingerprint density at radius 2 is 0.962 bits per heavy atom. The van der Waals surface area contributed by atoms with Crippen LogP contribution in [0.15, 0.2) is 0 Å². The first-order valence-corrected chi connectivity index (χ1v) is 11.5. The Labute approximate surface area is 162 Å². The Morgan fingerprint density at radius 3 is 1.38 bits per heavy atom. The minimum atomic E-state index is -5.41. The molecule has 0 unspecified atom stereocenters. The van der Waals surface area contributed by atoms with Crippen molar-refractivity contribution >= 4 is 11.8 Å². The minimum Gasteiger partial charge on any atom is -0.196 e. The van der Waals surface area contributed by atoms with Gasteiger partial charge in [0.1, 0.15) is 0 Å². The summed E-state index contributed by atoms with van der Waals surface area (Å²) in [6.07, 6.45) is 7.24. The first kappa shape index (κ1) is 28.2. The second-order valence-corrected chi connectivity index (χ2v) is 7.68. The second-order valence-electron chi connectivity index (χ2n) is 6.45. The molecule has 160 valence electrons. The van der Waals surface area contributed by atoms with E-state index in [1.165, 1.54) is 69.5 Å². The number of rotatable bonds is 16. The van der Waals surface area contributed by atoms with Gasteiger partial charge < -0.3 is 0 Å². The van der Waals surface area contributed by atoms with Crippen LogP contribution in [0, 0.1) is 0 Å². The van der Waals surface area contributed by atoms with Gasteiger partial charge in [-0.3, -0.25) is 0 Å². The highest BCUT2D eigenvalue weighted by molar-refractivity contribution is 7.99. The zero-order valence-electron chi connectivity index (χ0n) is 16.9. The zero-order chi connectivity index (χ0) is 20.3. The lowest BCUT2D eigenvalue weighted by molar-refractivity contribution is -0.284. The average molecular weight is 407 g/mol. The monoisotopic (exact) mass is 406 g/mol. The van der Waals surface area contributed by atoms with E-state index in [-0.39, 0.29) is 6.42 Å². The number of hydrogen-bond donors (Lipinski definition) is 0. The van der Waals surface area contributed by atoms with Gasteiger partial charge in [0.15, 0.2) is 0 Å². The van der Waals surface area contributed by atoms with Crippen molar-refractivity contribution in [1.29, 1.82) is 0 Å². The SMILES string of the molecule is CC.CCCCCCCCCCCCCSCCCC(F)(F)C(F)(F)F. The van der Waals surface area contributed by atoms with Crippen LogP contribution >= 0.6 is 11.8 Å². The third kappa shape index (κ3) is 17.4. The Kier molecular flexibility index (Phi) is 19.9. The lowest BCUT2D eigenvalue weighted by Crippen LogP contribution is -2.36. The van der Waals surface area contributed by atoms with E-state index in [0.29, 0.717) is 5.75 Å². The van der Waals surface area contributed by atoms with Gasteiger partial charge in [-0.05, 0) is 24.3 Å². The molecule has 0 spiro atoms. The van der Waals surface area contributed by atoms with Crippen LogP contribution in [-0.2, 0) is 0 Å². The number of alkyl halides is 5. The summed E-state index contributed by atoms with van der Waals surface area (Å²) >= 11 is 1.48. The van der Waals surface area contributed by atoms with Gasteiger partial charge >= 0.3 is 12.1 Å². The summed E-state index contributed by atoms with van der Waals surface area (Å²) in [6, 6.07) is 0. The van der Waals surface area contributed by atoms with Crippen LogP contribution in [0.4, 0.5) is 22.0 Å². The van der Waals surface area contributed by atoms with E-state index in [1.54, 1.807) is 0 Å². The van der Waals surface area contributed by atoms with Gasteiger partial charge in [0.25, 0.3) is 0 Å². The molecule has 0 saturated heterocycles. The predicted octanol–water partition coefficient (Wildman–Crippen LogP) is 9.03. The van der Waals surface area contributed by atoms with Gasteiger partial charge in [0.05, 0.1) is 0 Å². The van der Waals surface area contributed by atoms with Crippen LogP contribution in [0.5, 0.6) is 0 Å². The van der Waals surface area contributed by atoms with Crippen LogP contribution in [0.1, 0.15) is 104 Å². The fourth-order valence-corrected chi connectivity index (χ4v) is 3.47. The topological polar surface area (TPSA) is 0 Å². The van der Waals surface area contributed by atoms with E-state index in [0.717, 1.165) is 18.6 Å². The molecule has 0 aliphatic carbocycles. The van der Waals surface area contributed by atoms with Crippen molar-refractivity contribution in [3.63, 3.8) is 0 Å². The van der Waals surface area contributed by atoms with Crippen LogP contribution in [-0.4, -0.2) is 23.6 Å². The van der Waals surface area contributed by atoms with E-state index in [1.807, 2.05) is 13.8 Å². The van der Waals surface area contributed by atoms with Crippen molar-refractivity contribution in [3.05, 3.63) is 0 Å². The molecule has 0 saturated carbocycles. The second kappa shape index (κ2) is 18.4. The quantitative estimate of drug-likeness (QED) is 0.182. The number of hydrogen-bond acceptors (Lipinski definition) is 1. The van der Waals surface area contributed by atoms with E-state index in [2.05, 4.69) is 6.92 Å². The molecule has 0 nitrogen and oxygen atoms in total. The van der Waals surface area contributed by atoms with E-state index in [4.69, 9.17) is 0 Å². The van der Waals surface area contributed by atoms with Gasteiger partial charge in [-0.1, -0.05) is 85.0 Å². The molecule has 0 aliphatic heterocycles. The largest absolute Gasteiger partial charge is 0.453 e. The van der Waals surface area contributed by atoms with Crippen molar-refractivity contribution in [2.45, 2.75) is 116 Å². The van der Waals surface area contributed by atoms with Crippen LogP contribution in [0.3, 0.4) is 0 Å². The van der Waals surface area contributed by atoms with Gasteiger partial charge in [0, 0.05) is 6.42 Å². The van der Waals surface area contributed by atoms with E-state index in [9.17, 15) is 22.0 Å². The molecule has 0 amide bonds. The molecule has 0 radical (unpaired) electrons. The third-order valence-corrected chi connectivity index (χ3v) is 5.24. The highest BCUT2D eigenvalue weighted by atomic mass is 32.2. The third-order valence-electron chi connectivity index (χ3n) is 4.09. The van der Waals surface area contributed by atoms with Crippen molar-refractivity contribution in [2.75, 3.05) is 11.5 Å². The summed E-state index contributed by atoms with van der Waals surface area (Å²) in [5, 5.41) is 0. The fraction of sp³-hybridized carbons (Fsp3) is 1.00. The smallest absolute Gasteiger partial charge is 0.196 e. The number of halogens is 5. The molecule has 0 aliphatic rings. The van der Waals surface area contributed by atoms with Crippen molar-refractivity contribution in [1.82, 2.24) is 0 Å². The van der Waals surface area contributed by atoms with Crippen molar-refractivity contribution in [3.8, 4) is 0 Å². The summed E-state index contributed by atoms with van der Waals surface area (Å²) in [4.78, 5) is 0. The molecular weight excluding hydrogens is 367 g/mol. The van der Waals surface area contributed by atoms with Gasteiger partial charge in [0.2, 0.25) is 0 Å². The molecule has 0 rings (SSSR count). The number of thioether (sulfide) groups is 1. The maximum Gasteiger partial charge on any atom is 0.453 e. The standard InChI is InChI=1S/C18H33F5S.C2H6/c1-2-3-4-5-6-7-8-9-10-11-12-15-24-16-13-14-17(19,20)18(21,22)23;1-2/h2-16H2,1H3;1-2H3. The minimum absolute atomic E-state index is 0.0881. The van der Waals surface area contributed by atoms with Gasteiger partial charge in [-0.25, -0.2) is 0 Å². The van der Waals surface area contributed by atoms with Crippen LogP contribution in [0.25, 0.3) is 0 Å². The highest BCUT2D eigenvalue weighted by Gasteiger charge is 2.56. The molecule has 0 fully saturated rings. The summed E-state index contributed by atoms with van der Waals surface area (Å²) < 4.78 is 61.2. The lowest BCUT2D eigenvalue weighted by Gasteiger charge is -2.19. The zero-order valence-corrected chi connectivity index (χ0v) is 17.7. The van der Waals surface area contributed by atoms with Crippen LogP contribution < -0.4 is 0 Å². The summed E-state index contributed by atoms with van der Waals surface area (Å²) in [7, 11) is 0. The maximum atomic E-state index is 12.7. The molecule has 0 aromatic carbocycles. The van der Waals surface area contributed by atoms with Crippen LogP contribution in [0.2, 0.25) is 0 Å². The maximum absolute atomic E-state index is 12.7. The highest BCUT2D eigenvalue weighted by Crippen LogP contribution is 2.39. The Hall–Kier alpha value is -0.0000000000000000555. The van der Waals surface area contributed by atoms with Gasteiger partial charge in [-0.15, -0.1) is 0 Å². The Balaban J connectivity index is 0. The predicted molar refractivity (Wildman–Crippen MR) is 105 cm³/mol. The molecule has 0 atom stereocenters.